The van der Waals surface area contributed by atoms with Crippen LogP contribution in [0.4, 0.5) is 26.3 Å². The predicted octanol–water partition coefficient (Wildman–Crippen LogP) is 10.2. The SMILES string of the molecule is O=C(O)CC1CCC(c2ccc(CC(=O)CCCC(=O)c3nc(-c4ccccc4)oc3C(F)(F)F)cc2)CC1.O=C([O-])CC1CCC(c2ccc(CC(=O)CCCC(=O)c3nc(-c4ccccc4)oc3C(F)(F)F)cc2)CC1.[Na+]. The Morgan fingerprint density at radius 2 is 0.861 bits per heavy atom. The van der Waals surface area contributed by atoms with Gasteiger partial charge in [0.1, 0.15) is 11.6 Å². The second-order valence-corrected chi connectivity index (χ2v) is 20.2. The molecule has 6 aromatic rings. The summed E-state index contributed by atoms with van der Waals surface area (Å²) in [5.41, 5.74) is 3.11. The molecule has 412 valence electrons. The van der Waals surface area contributed by atoms with Crippen molar-refractivity contribution < 1.29 is 104 Å². The van der Waals surface area contributed by atoms with Gasteiger partial charge in [-0.3, -0.25) is 24.0 Å². The van der Waals surface area contributed by atoms with Gasteiger partial charge in [-0.1, -0.05) is 84.9 Å². The van der Waals surface area contributed by atoms with Crippen LogP contribution in [0.5, 0.6) is 0 Å². The van der Waals surface area contributed by atoms with E-state index in [1.165, 1.54) is 17.7 Å². The molecule has 2 fully saturated rings. The number of alkyl halides is 6. The number of halogens is 6. The first kappa shape index (κ1) is 61.7. The van der Waals surface area contributed by atoms with Gasteiger partial charge in [0, 0.05) is 62.0 Å². The number of aliphatic carboxylic acids is 2. The van der Waals surface area contributed by atoms with E-state index in [0.29, 0.717) is 23.0 Å². The molecule has 0 amide bonds. The number of hydrogen-bond acceptors (Lipinski definition) is 11. The van der Waals surface area contributed by atoms with Crippen molar-refractivity contribution in [2.24, 2.45) is 11.8 Å². The summed E-state index contributed by atoms with van der Waals surface area (Å²) in [5.74, 6) is -5.87. The van der Waals surface area contributed by atoms with E-state index in [9.17, 15) is 60.2 Å². The van der Waals surface area contributed by atoms with Crippen molar-refractivity contribution in [3.8, 4) is 22.9 Å². The molecule has 0 unspecified atom stereocenters. The largest absolute Gasteiger partial charge is 1.00 e. The molecule has 0 aliphatic heterocycles. The van der Waals surface area contributed by atoms with Gasteiger partial charge >= 0.3 is 47.9 Å². The van der Waals surface area contributed by atoms with Crippen LogP contribution in [-0.4, -0.2) is 50.1 Å². The fraction of sp³-hybridized carbons (Fsp3) is 0.400. The number of oxazole rings is 2. The Morgan fingerprint density at radius 1 is 0.506 bits per heavy atom. The first-order chi connectivity index (χ1) is 37.2. The summed E-state index contributed by atoms with van der Waals surface area (Å²) in [4.78, 5) is 79.5. The number of Topliss-reactive ketones (excluding diaryl/α,β-unsaturated/α-hetero) is 4. The maximum Gasteiger partial charge on any atom is 1.00 e. The first-order valence-corrected chi connectivity index (χ1v) is 26.2. The monoisotopic (exact) mass is 1100 g/mol. The number of carboxylic acid groups (broad SMARTS) is 2. The number of benzene rings is 4. The molecule has 0 bridgehead atoms. The zero-order chi connectivity index (χ0) is 56.0. The van der Waals surface area contributed by atoms with Crippen LogP contribution in [0, 0.1) is 11.8 Å². The van der Waals surface area contributed by atoms with Gasteiger partial charge in [0.25, 0.3) is 0 Å². The van der Waals surface area contributed by atoms with Crippen molar-refractivity contribution in [3.63, 3.8) is 0 Å². The maximum absolute atomic E-state index is 13.5. The number of aromatic nitrogens is 2. The van der Waals surface area contributed by atoms with Crippen LogP contribution in [0.3, 0.4) is 0 Å². The predicted molar refractivity (Wildman–Crippen MR) is 272 cm³/mol. The number of rotatable bonds is 22. The maximum atomic E-state index is 13.5. The van der Waals surface area contributed by atoms with E-state index in [1.54, 1.807) is 48.5 Å². The van der Waals surface area contributed by atoms with Crippen molar-refractivity contribution in [1.29, 1.82) is 0 Å². The van der Waals surface area contributed by atoms with Gasteiger partial charge in [-0.2, -0.15) is 26.3 Å². The van der Waals surface area contributed by atoms with Crippen LogP contribution in [0.1, 0.15) is 169 Å². The quantitative estimate of drug-likeness (QED) is 0.0384. The van der Waals surface area contributed by atoms with Crippen LogP contribution in [-0.2, 0) is 44.4 Å². The molecule has 2 aliphatic carbocycles. The molecule has 0 saturated heterocycles. The third-order valence-corrected chi connectivity index (χ3v) is 14.4. The van der Waals surface area contributed by atoms with Gasteiger partial charge in [-0.25, -0.2) is 9.97 Å². The van der Waals surface area contributed by atoms with Gasteiger partial charge in [-0.05, 0) is 141 Å². The topological polar surface area (TPSA) is 198 Å². The van der Waals surface area contributed by atoms with E-state index in [-0.39, 0.29) is 129 Å². The van der Waals surface area contributed by atoms with Gasteiger partial charge < -0.3 is 23.8 Å². The van der Waals surface area contributed by atoms with Crippen LogP contribution in [0.15, 0.2) is 118 Å². The molecule has 19 heteroatoms. The third kappa shape index (κ3) is 18.3. The van der Waals surface area contributed by atoms with Gasteiger partial charge in [-0.15, -0.1) is 0 Å². The van der Waals surface area contributed by atoms with Crippen LogP contribution < -0.4 is 34.7 Å². The smallest absolute Gasteiger partial charge is 0.550 e. The van der Waals surface area contributed by atoms with Crippen molar-refractivity contribution in [2.75, 3.05) is 0 Å². The summed E-state index contributed by atoms with van der Waals surface area (Å²) in [7, 11) is 0. The zero-order valence-corrected chi connectivity index (χ0v) is 45.7. The average Bonchev–Trinajstić information content (AvgIpc) is 4.11. The number of carboxylic acids is 2. The molecule has 1 N–H and O–H groups in total. The Balaban J connectivity index is 0.000000252. The minimum Gasteiger partial charge on any atom is -0.550 e. The fourth-order valence-electron chi connectivity index (χ4n) is 10.3. The Morgan fingerprint density at radius 3 is 1.19 bits per heavy atom. The summed E-state index contributed by atoms with van der Waals surface area (Å²) in [6.07, 6.45) is -2.04. The number of ketones is 4. The van der Waals surface area contributed by atoms with E-state index in [2.05, 4.69) is 9.97 Å². The van der Waals surface area contributed by atoms with Crippen molar-refractivity contribution in [2.45, 2.75) is 140 Å². The van der Waals surface area contributed by atoms with Gasteiger partial charge in [0.05, 0.1) is 0 Å². The second-order valence-electron chi connectivity index (χ2n) is 20.2. The Labute approximate surface area is 475 Å². The van der Waals surface area contributed by atoms with Gasteiger partial charge in [0.2, 0.25) is 23.3 Å². The molecule has 2 saturated carbocycles. The normalized spacial score (nSPS) is 17.4. The van der Waals surface area contributed by atoms with Crippen LogP contribution in [0.2, 0.25) is 0 Å². The molecule has 8 rings (SSSR count). The van der Waals surface area contributed by atoms with E-state index >= 15 is 0 Å². The molecule has 4 aromatic carbocycles. The fourth-order valence-corrected chi connectivity index (χ4v) is 10.3. The minimum atomic E-state index is -4.87. The van der Waals surface area contributed by atoms with E-state index in [4.69, 9.17) is 13.9 Å². The number of carbonyl (C=O) groups is 6. The molecule has 0 radical (unpaired) electrons. The summed E-state index contributed by atoms with van der Waals surface area (Å²) in [5, 5.41) is 19.8. The molecule has 0 spiro atoms. The molecule has 0 atom stereocenters. The van der Waals surface area contributed by atoms with Crippen molar-refractivity contribution in [1.82, 2.24) is 9.97 Å². The minimum absolute atomic E-state index is 0. The molecule has 2 heterocycles. The second kappa shape index (κ2) is 28.6. The number of hydrogen-bond donors (Lipinski definition) is 1. The van der Waals surface area contributed by atoms with Crippen molar-refractivity contribution >= 4 is 35.1 Å². The van der Waals surface area contributed by atoms with Crippen LogP contribution >= 0.6 is 0 Å². The zero-order valence-electron chi connectivity index (χ0n) is 43.7. The molecular weight excluding hydrogens is 1050 g/mol. The summed E-state index contributed by atoms with van der Waals surface area (Å²) in [6, 6.07) is 31.6. The van der Waals surface area contributed by atoms with Gasteiger partial charge in [0.15, 0.2) is 23.0 Å². The molecule has 2 aromatic heterocycles. The van der Waals surface area contributed by atoms with Crippen LogP contribution in [0.25, 0.3) is 22.9 Å². The summed E-state index contributed by atoms with van der Waals surface area (Å²) >= 11 is 0. The summed E-state index contributed by atoms with van der Waals surface area (Å²) < 4.78 is 90.7. The number of nitrogens with zero attached hydrogens (tertiary/aromatic N) is 2. The Kier molecular flexibility index (Phi) is 22.3. The standard InChI is InChI=1S/2C30H30F3NO5.Na/c2*31-30(32,33)28-27(34-29(39-28)23-5-2-1-3-6-23)25(36)8-4-7-24(35)17-19-9-13-21(14-10-19)22-15-11-20(12-16-22)18-26(37)38;/h2*1-3,5-6,9-10,13-14,20,22H,4,7-8,11-12,15-18H2,(H,37,38);/q;;+1/p-1. The molecule has 79 heavy (non-hydrogen) atoms. The van der Waals surface area contributed by atoms with E-state index < -0.39 is 58.8 Å². The number of carbonyl (C=O) groups excluding carboxylic acids is 5. The molecule has 12 nitrogen and oxygen atoms in total. The van der Waals surface area contributed by atoms with Crippen molar-refractivity contribution in [3.05, 3.63) is 154 Å². The first-order valence-electron chi connectivity index (χ1n) is 26.2. The Bertz CT molecular complexity index is 2790. The third-order valence-electron chi connectivity index (χ3n) is 14.4. The summed E-state index contributed by atoms with van der Waals surface area (Å²) in [6.45, 7) is 0. The Hall–Kier alpha value is -6.50. The molecular formula is C60H59F6N2NaO10. The van der Waals surface area contributed by atoms with E-state index in [1.807, 2.05) is 48.5 Å². The van der Waals surface area contributed by atoms with E-state index in [0.717, 1.165) is 68.1 Å². The average molecular weight is 1110 g/mol. The molecule has 2 aliphatic rings.